The molecular formula is C16H18N6O2S2. The van der Waals surface area contributed by atoms with Crippen LogP contribution in [-0.2, 0) is 11.3 Å². The molecule has 3 aromatic rings. The summed E-state index contributed by atoms with van der Waals surface area (Å²) in [6, 6.07) is 7.37. The van der Waals surface area contributed by atoms with Gasteiger partial charge in [-0.2, -0.15) is 5.10 Å². The fourth-order valence-corrected chi connectivity index (χ4v) is 3.20. The van der Waals surface area contributed by atoms with Crippen molar-refractivity contribution in [1.82, 2.24) is 25.0 Å². The molecule has 1 amide bonds. The Morgan fingerprint density at radius 2 is 2.08 bits per heavy atom. The van der Waals surface area contributed by atoms with E-state index in [0.717, 1.165) is 16.3 Å². The lowest BCUT2D eigenvalue weighted by atomic mass is 10.2. The van der Waals surface area contributed by atoms with E-state index in [1.807, 2.05) is 38.1 Å². The first-order chi connectivity index (χ1) is 12.5. The summed E-state index contributed by atoms with van der Waals surface area (Å²) in [5.74, 6) is 1.34. The van der Waals surface area contributed by atoms with Crippen LogP contribution in [0.15, 0.2) is 24.3 Å². The Kier molecular flexibility index (Phi) is 5.43. The van der Waals surface area contributed by atoms with Crippen molar-refractivity contribution in [3.05, 3.63) is 34.0 Å². The highest BCUT2D eigenvalue weighted by Crippen LogP contribution is 2.23. The average Bonchev–Trinajstić information content (AvgIpc) is 3.23. The largest absolute Gasteiger partial charge is 0.497 e. The number of benzene rings is 1. The summed E-state index contributed by atoms with van der Waals surface area (Å²) in [4.78, 5) is 12.4. The van der Waals surface area contributed by atoms with Crippen LogP contribution in [-0.4, -0.2) is 38.0 Å². The fourth-order valence-electron chi connectivity index (χ4n) is 2.25. The number of nitrogens with zero attached hydrogens (tertiary/aromatic N) is 4. The van der Waals surface area contributed by atoms with E-state index in [0.29, 0.717) is 15.7 Å². The van der Waals surface area contributed by atoms with Gasteiger partial charge in [-0.15, -0.1) is 10.2 Å². The summed E-state index contributed by atoms with van der Waals surface area (Å²) in [6.45, 7) is 4.07. The van der Waals surface area contributed by atoms with E-state index in [2.05, 4.69) is 25.7 Å². The third-order valence-corrected chi connectivity index (χ3v) is 5.04. The minimum absolute atomic E-state index is 0.0211. The Morgan fingerprint density at radius 1 is 1.35 bits per heavy atom. The van der Waals surface area contributed by atoms with Crippen molar-refractivity contribution in [2.24, 2.45) is 0 Å². The summed E-state index contributed by atoms with van der Waals surface area (Å²) < 4.78 is 7.16. The van der Waals surface area contributed by atoms with E-state index in [1.54, 1.807) is 11.7 Å². The van der Waals surface area contributed by atoms with Gasteiger partial charge in [0.05, 0.1) is 7.11 Å². The van der Waals surface area contributed by atoms with Crippen molar-refractivity contribution in [3.8, 4) is 17.1 Å². The third kappa shape index (κ3) is 3.97. The van der Waals surface area contributed by atoms with Gasteiger partial charge in [0, 0.05) is 11.5 Å². The maximum Gasteiger partial charge on any atom is 0.246 e. The van der Waals surface area contributed by atoms with Crippen molar-refractivity contribution < 1.29 is 9.53 Å². The Morgan fingerprint density at radius 3 is 2.69 bits per heavy atom. The Hall–Kier alpha value is -2.59. The lowest BCUT2D eigenvalue weighted by molar-refractivity contribution is -0.116. The Bertz CT molecular complexity index is 958. The van der Waals surface area contributed by atoms with Crippen LogP contribution < -0.4 is 10.1 Å². The van der Waals surface area contributed by atoms with Crippen molar-refractivity contribution in [2.45, 2.75) is 26.3 Å². The van der Waals surface area contributed by atoms with Gasteiger partial charge in [-0.25, -0.2) is 0 Å². The molecule has 0 radical (unpaired) electrons. The molecule has 0 aliphatic rings. The molecule has 0 aliphatic carbocycles. The van der Waals surface area contributed by atoms with Crippen molar-refractivity contribution in [1.29, 1.82) is 0 Å². The SMILES string of the molecule is COc1ccc(-c2n[nH]c(=S)n2CC(=O)Nc2nnc(C(C)C)s2)cc1. The molecule has 0 saturated heterocycles. The van der Waals surface area contributed by atoms with Crippen LogP contribution in [0.2, 0.25) is 0 Å². The number of methoxy groups -OCH3 is 1. The van der Waals surface area contributed by atoms with Gasteiger partial charge in [0.25, 0.3) is 0 Å². The number of carbonyl (C=O) groups is 1. The topological polar surface area (TPSA) is 97.7 Å². The van der Waals surface area contributed by atoms with Crippen LogP contribution in [0.4, 0.5) is 5.13 Å². The predicted molar refractivity (Wildman–Crippen MR) is 102 cm³/mol. The quantitative estimate of drug-likeness (QED) is 0.627. The van der Waals surface area contributed by atoms with Crippen LogP contribution in [0.25, 0.3) is 11.4 Å². The van der Waals surface area contributed by atoms with Gasteiger partial charge in [0.2, 0.25) is 11.0 Å². The number of rotatable bonds is 6. The second-order valence-electron chi connectivity index (χ2n) is 5.82. The summed E-state index contributed by atoms with van der Waals surface area (Å²) in [6.07, 6.45) is 0. The number of H-pyrrole nitrogens is 1. The second-order valence-corrected chi connectivity index (χ2v) is 7.21. The zero-order chi connectivity index (χ0) is 18.7. The van der Waals surface area contributed by atoms with E-state index in [9.17, 15) is 4.79 Å². The van der Waals surface area contributed by atoms with E-state index in [-0.39, 0.29) is 18.4 Å². The maximum absolute atomic E-state index is 12.4. The molecule has 26 heavy (non-hydrogen) atoms. The van der Waals surface area contributed by atoms with Crippen LogP contribution in [0.1, 0.15) is 24.8 Å². The molecule has 0 aliphatic heterocycles. The van der Waals surface area contributed by atoms with Crippen molar-refractivity contribution in [2.75, 3.05) is 12.4 Å². The molecule has 136 valence electrons. The number of aromatic nitrogens is 5. The molecule has 0 fully saturated rings. The van der Waals surface area contributed by atoms with Crippen LogP contribution in [0, 0.1) is 4.77 Å². The molecule has 10 heteroatoms. The average molecular weight is 390 g/mol. The van der Waals surface area contributed by atoms with Crippen molar-refractivity contribution in [3.63, 3.8) is 0 Å². The smallest absolute Gasteiger partial charge is 0.246 e. The lowest BCUT2D eigenvalue weighted by Crippen LogP contribution is -2.19. The molecule has 0 unspecified atom stereocenters. The molecule has 2 aromatic heterocycles. The van der Waals surface area contributed by atoms with E-state index >= 15 is 0 Å². The monoisotopic (exact) mass is 390 g/mol. The van der Waals surface area contributed by atoms with E-state index < -0.39 is 0 Å². The molecule has 2 heterocycles. The predicted octanol–water partition coefficient (Wildman–Crippen LogP) is 3.23. The highest BCUT2D eigenvalue weighted by molar-refractivity contribution is 7.71. The van der Waals surface area contributed by atoms with E-state index in [4.69, 9.17) is 17.0 Å². The number of amides is 1. The minimum atomic E-state index is -0.247. The second kappa shape index (κ2) is 7.75. The molecule has 3 rings (SSSR count). The highest BCUT2D eigenvalue weighted by Gasteiger charge is 2.15. The van der Waals surface area contributed by atoms with Gasteiger partial charge in [0.1, 0.15) is 17.3 Å². The number of ether oxygens (including phenoxy) is 1. The molecule has 1 aromatic carbocycles. The molecule has 0 atom stereocenters. The molecule has 0 spiro atoms. The normalized spacial score (nSPS) is 10.9. The molecule has 0 saturated carbocycles. The number of nitrogens with one attached hydrogen (secondary N) is 2. The number of hydrogen-bond acceptors (Lipinski definition) is 7. The number of hydrogen-bond donors (Lipinski definition) is 2. The first-order valence-electron chi connectivity index (χ1n) is 7.91. The summed E-state index contributed by atoms with van der Waals surface area (Å²) >= 11 is 6.62. The zero-order valence-corrected chi connectivity index (χ0v) is 16.1. The summed E-state index contributed by atoms with van der Waals surface area (Å²) in [5, 5.41) is 19.1. The number of carbonyl (C=O) groups excluding carboxylic acids is 1. The first-order valence-corrected chi connectivity index (χ1v) is 9.13. The first kappa shape index (κ1) is 18.2. The van der Waals surface area contributed by atoms with Gasteiger partial charge < -0.3 is 4.74 Å². The van der Waals surface area contributed by atoms with Gasteiger partial charge in [-0.3, -0.25) is 19.8 Å². The van der Waals surface area contributed by atoms with Gasteiger partial charge in [0.15, 0.2) is 10.6 Å². The number of anilines is 1. The number of aromatic amines is 1. The summed E-state index contributed by atoms with van der Waals surface area (Å²) in [7, 11) is 1.60. The molecule has 0 bridgehead atoms. The molecule has 2 N–H and O–H groups in total. The van der Waals surface area contributed by atoms with Crippen LogP contribution >= 0.6 is 23.6 Å². The maximum atomic E-state index is 12.4. The lowest BCUT2D eigenvalue weighted by Gasteiger charge is -2.07. The van der Waals surface area contributed by atoms with Crippen LogP contribution in [0.5, 0.6) is 5.75 Å². The van der Waals surface area contributed by atoms with Crippen LogP contribution in [0.3, 0.4) is 0 Å². The van der Waals surface area contributed by atoms with Crippen molar-refractivity contribution >= 4 is 34.6 Å². The fraction of sp³-hybridized carbons (Fsp3) is 0.312. The molecule has 8 nitrogen and oxygen atoms in total. The Balaban J connectivity index is 1.77. The third-order valence-electron chi connectivity index (χ3n) is 3.59. The van der Waals surface area contributed by atoms with Gasteiger partial charge in [-0.05, 0) is 36.5 Å². The molecular weight excluding hydrogens is 372 g/mol. The standard InChI is InChI=1S/C16H18N6O2S2/c1-9(2)14-19-20-15(26-14)17-12(23)8-22-13(18-21-16(22)25)10-4-6-11(24-3)7-5-10/h4-7,9H,8H2,1-3H3,(H,21,25)(H,17,20,23). The van der Waals surface area contributed by atoms with E-state index in [1.165, 1.54) is 11.3 Å². The minimum Gasteiger partial charge on any atom is -0.497 e. The Labute approximate surface area is 159 Å². The van der Waals surface area contributed by atoms with Gasteiger partial charge in [-0.1, -0.05) is 25.2 Å². The summed E-state index contributed by atoms with van der Waals surface area (Å²) in [5.41, 5.74) is 0.823. The highest BCUT2D eigenvalue weighted by atomic mass is 32.1. The zero-order valence-electron chi connectivity index (χ0n) is 14.5. The van der Waals surface area contributed by atoms with Gasteiger partial charge >= 0.3 is 0 Å².